The molecule has 0 bridgehead atoms. The van der Waals surface area contributed by atoms with Gasteiger partial charge in [-0.25, -0.2) is 9.18 Å². The molecule has 1 aliphatic rings. The number of carboxylic acids is 1. The topological polar surface area (TPSA) is 85.7 Å². The molecule has 0 saturated heterocycles. The van der Waals surface area contributed by atoms with Gasteiger partial charge in [0.1, 0.15) is 39.9 Å². The van der Waals surface area contributed by atoms with Crippen LogP contribution in [-0.4, -0.2) is 22.3 Å². The summed E-state index contributed by atoms with van der Waals surface area (Å²) in [5.74, 6) is 0.346. The summed E-state index contributed by atoms with van der Waals surface area (Å²) in [5, 5.41) is 14.5. The molecule has 1 saturated carbocycles. The third-order valence-corrected chi connectivity index (χ3v) is 5.26. The van der Waals surface area contributed by atoms with Crippen LogP contribution < -0.4 is 4.74 Å². The number of nitrogens with zero attached hydrogens (tertiary/aromatic N) is 1. The van der Waals surface area contributed by atoms with Crippen molar-refractivity contribution in [3.05, 3.63) is 59.6 Å². The number of aromatic nitrogens is 1. The molecule has 2 heterocycles. The Morgan fingerprint density at radius 3 is 2.58 bits per heavy atom. The summed E-state index contributed by atoms with van der Waals surface area (Å²) in [5.41, 5.74) is 2.11. The van der Waals surface area contributed by atoms with E-state index in [1.54, 1.807) is 12.1 Å². The highest BCUT2D eigenvalue weighted by Crippen LogP contribution is 2.44. The summed E-state index contributed by atoms with van der Waals surface area (Å²) in [4.78, 5) is 12.1. The van der Waals surface area contributed by atoms with Gasteiger partial charge in [-0.05, 0) is 63.1 Å². The standard InChI is InChI=1S/C24H20FNO5/c1-12(2)29-20-10-17-21(9-16(20)18-11-19(31-26-18)13-3-4-13)30-23(22(17)24(27)28)14-5-7-15(25)8-6-14/h5-13H,3-4H2,1-2H3,(H,27,28). The van der Waals surface area contributed by atoms with E-state index in [1.807, 2.05) is 19.9 Å². The lowest BCUT2D eigenvalue weighted by Crippen LogP contribution is -2.07. The molecule has 158 valence electrons. The van der Waals surface area contributed by atoms with E-state index in [0.29, 0.717) is 39.5 Å². The van der Waals surface area contributed by atoms with Gasteiger partial charge < -0.3 is 18.8 Å². The number of ether oxygens (including phenoxy) is 1. The third kappa shape index (κ3) is 3.56. The van der Waals surface area contributed by atoms with Crippen LogP contribution in [0.4, 0.5) is 4.39 Å². The van der Waals surface area contributed by atoms with E-state index in [1.165, 1.54) is 24.3 Å². The van der Waals surface area contributed by atoms with Crippen molar-refractivity contribution in [3.8, 4) is 28.3 Å². The van der Waals surface area contributed by atoms with E-state index in [9.17, 15) is 14.3 Å². The number of carboxylic acid groups (broad SMARTS) is 1. The zero-order chi connectivity index (χ0) is 21.7. The number of aromatic carboxylic acids is 1. The van der Waals surface area contributed by atoms with E-state index in [2.05, 4.69) is 5.16 Å². The summed E-state index contributed by atoms with van der Waals surface area (Å²) in [6, 6.07) is 10.8. The van der Waals surface area contributed by atoms with Crippen LogP contribution in [0.2, 0.25) is 0 Å². The zero-order valence-electron chi connectivity index (χ0n) is 17.0. The van der Waals surface area contributed by atoms with Crippen molar-refractivity contribution < 1.29 is 28.0 Å². The Kier molecular flexibility index (Phi) is 4.54. The van der Waals surface area contributed by atoms with Crippen molar-refractivity contribution in [2.24, 2.45) is 0 Å². The second-order valence-electron chi connectivity index (χ2n) is 8.02. The molecular weight excluding hydrogens is 401 g/mol. The summed E-state index contributed by atoms with van der Waals surface area (Å²) in [6.07, 6.45) is 2.04. The van der Waals surface area contributed by atoms with Gasteiger partial charge >= 0.3 is 5.97 Å². The minimum absolute atomic E-state index is 0.000543. The highest BCUT2D eigenvalue weighted by atomic mass is 19.1. The average Bonchev–Trinajstić information content (AvgIpc) is 3.33. The number of rotatable bonds is 6. The molecule has 2 aromatic carbocycles. The van der Waals surface area contributed by atoms with E-state index < -0.39 is 11.8 Å². The number of halogens is 1. The molecule has 0 aliphatic heterocycles. The number of benzene rings is 2. The minimum Gasteiger partial charge on any atom is -0.490 e. The van der Waals surface area contributed by atoms with Crippen molar-refractivity contribution in [2.75, 3.05) is 0 Å². The van der Waals surface area contributed by atoms with Crippen molar-refractivity contribution in [1.82, 2.24) is 5.16 Å². The first-order valence-electron chi connectivity index (χ1n) is 10.1. The first-order chi connectivity index (χ1) is 14.9. The van der Waals surface area contributed by atoms with Crippen LogP contribution >= 0.6 is 0 Å². The van der Waals surface area contributed by atoms with Gasteiger partial charge in [0.05, 0.1) is 6.10 Å². The molecule has 0 amide bonds. The van der Waals surface area contributed by atoms with Crippen molar-refractivity contribution in [3.63, 3.8) is 0 Å². The number of fused-ring (bicyclic) bond motifs is 1. The molecule has 5 rings (SSSR count). The average molecular weight is 421 g/mol. The molecule has 0 spiro atoms. The van der Waals surface area contributed by atoms with Crippen LogP contribution in [-0.2, 0) is 0 Å². The quantitative estimate of drug-likeness (QED) is 0.396. The second kappa shape index (κ2) is 7.27. The Labute approximate surface area is 177 Å². The SMILES string of the molecule is CC(C)Oc1cc2c(C(=O)O)c(-c3ccc(F)cc3)oc2cc1-c1cc(C2CC2)on1. The monoisotopic (exact) mass is 421 g/mol. The summed E-state index contributed by atoms with van der Waals surface area (Å²) in [6.45, 7) is 3.79. The minimum atomic E-state index is -1.14. The van der Waals surface area contributed by atoms with E-state index in [4.69, 9.17) is 13.7 Å². The van der Waals surface area contributed by atoms with Crippen LogP contribution in [0.5, 0.6) is 5.75 Å². The lowest BCUT2D eigenvalue weighted by molar-refractivity contribution is 0.0699. The Balaban J connectivity index is 1.71. The largest absolute Gasteiger partial charge is 0.490 e. The fourth-order valence-electron chi connectivity index (χ4n) is 3.67. The number of hydrogen-bond acceptors (Lipinski definition) is 5. The van der Waals surface area contributed by atoms with Gasteiger partial charge in [0.25, 0.3) is 0 Å². The van der Waals surface area contributed by atoms with Gasteiger partial charge in [0.15, 0.2) is 0 Å². The molecule has 7 heteroatoms. The predicted octanol–water partition coefficient (Wildman–Crippen LogP) is 6.26. The Hall–Kier alpha value is -3.61. The molecule has 6 nitrogen and oxygen atoms in total. The fourth-order valence-corrected chi connectivity index (χ4v) is 3.67. The molecule has 1 aliphatic carbocycles. The third-order valence-electron chi connectivity index (χ3n) is 5.26. The van der Waals surface area contributed by atoms with Crippen molar-refractivity contribution in [2.45, 2.75) is 38.7 Å². The smallest absolute Gasteiger partial charge is 0.340 e. The zero-order valence-corrected chi connectivity index (χ0v) is 17.0. The fraction of sp³-hybridized carbons (Fsp3) is 0.250. The van der Waals surface area contributed by atoms with Crippen LogP contribution in [0, 0.1) is 5.82 Å². The van der Waals surface area contributed by atoms with Crippen LogP contribution in [0.3, 0.4) is 0 Å². The van der Waals surface area contributed by atoms with Gasteiger partial charge in [0.2, 0.25) is 0 Å². The first-order valence-corrected chi connectivity index (χ1v) is 10.1. The summed E-state index contributed by atoms with van der Waals surface area (Å²) < 4.78 is 30.8. The maximum absolute atomic E-state index is 13.4. The molecule has 0 unspecified atom stereocenters. The van der Waals surface area contributed by atoms with Crippen LogP contribution in [0.25, 0.3) is 33.6 Å². The maximum Gasteiger partial charge on any atom is 0.340 e. The van der Waals surface area contributed by atoms with Gasteiger partial charge in [-0.3, -0.25) is 0 Å². The van der Waals surface area contributed by atoms with Gasteiger partial charge in [-0.1, -0.05) is 5.16 Å². The molecule has 2 aromatic heterocycles. The maximum atomic E-state index is 13.4. The second-order valence-corrected chi connectivity index (χ2v) is 8.02. The van der Waals surface area contributed by atoms with Gasteiger partial charge in [-0.15, -0.1) is 0 Å². The van der Waals surface area contributed by atoms with E-state index >= 15 is 0 Å². The molecule has 0 atom stereocenters. The summed E-state index contributed by atoms with van der Waals surface area (Å²) in [7, 11) is 0. The lowest BCUT2D eigenvalue weighted by atomic mass is 10.0. The van der Waals surface area contributed by atoms with Gasteiger partial charge in [0, 0.05) is 28.5 Å². The number of hydrogen-bond donors (Lipinski definition) is 1. The van der Waals surface area contributed by atoms with Crippen LogP contribution in [0.1, 0.15) is 48.7 Å². The van der Waals surface area contributed by atoms with Crippen molar-refractivity contribution in [1.29, 1.82) is 0 Å². The molecule has 31 heavy (non-hydrogen) atoms. The molecule has 1 N–H and O–H groups in total. The molecule has 0 radical (unpaired) electrons. The van der Waals surface area contributed by atoms with Crippen molar-refractivity contribution >= 4 is 16.9 Å². The molecule has 4 aromatic rings. The Morgan fingerprint density at radius 1 is 1.19 bits per heavy atom. The van der Waals surface area contributed by atoms with E-state index in [0.717, 1.165) is 18.6 Å². The van der Waals surface area contributed by atoms with Gasteiger partial charge in [-0.2, -0.15) is 0 Å². The Bertz CT molecular complexity index is 1280. The highest BCUT2D eigenvalue weighted by Gasteiger charge is 2.29. The first kappa shape index (κ1) is 19.4. The van der Waals surface area contributed by atoms with Crippen LogP contribution in [0.15, 0.2) is 51.4 Å². The predicted molar refractivity (Wildman–Crippen MR) is 112 cm³/mol. The molecule has 1 fully saturated rings. The van der Waals surface area contributed by atoms with E-state index in [-0.39, 0.29) is 17.4 Å². The lowest BCUT2D eigenvalue weighted by Gasteiger charge is -2.13. The number of carbonyl (C=O) groups is 1. The highest BCUT2D eigenvalue weighted by molar-refractivity contribution is 6.09. The number of furan rings is 1. The summed E-state index contributed by atoms with van der Waals surface area (Å²) >= 11 is 0. The molecular formula is C24H20FNO5. The Morgan fingerprint density at radius 2 is 1.94 bits per heavy atom. The normalized spacial score (nSPS) is 13.8.